The molecular weight excluding hydrogens is 1050 g/mol. The zero-order valence-electron chi connectivity index (χ0n) is 38.9. The van der Waals surface area contributed by atoms with E-state index in [0.717, 1.165) is 88.8 Å². The summed E-state index contributed by atoms with van der Waals surface area (Å²) >= 11 is -1.85. The van der Waals surface area contributed by atoms with Crippen molar-refractivity contribution in [3.8, 4) is 39.5 Å². The molecule has 0 N–H and O–H groups in total. The van der Waals surface area contributed by atoms with Crippen LogP contribution in [-0.4, -0.2) is 32.8 Å². The molecule has 0 unspecified atom stereocenters. The Balaban J connectivity index is 0.000000187. The summed E-state index contributed by atoms with van der Waals surface area (Å²) in [5.74, 6) is 8.67. The van der Waals surface area contributed by atoms with Crippen LogP contribution in [0.25, 0.3) is 94.4 Å². The Morgan fingerprint density at radius 3 is 1.94 bits per heavy atom. The number of hydrogen-bond acceptors (Lipinski definition) is 5. The van der Waals surface area contributed by atoms with Gasteiger partial charge in [0.05, 0.1) is 22.4 Å². The maximum absolute atomic E-state index is 6.68. The van der Waals surface area contributed by atoms with Crippen molar-refractivity contribution < 1.29 is 28.9 Å². The fourth-order valence-electron chi connectivity index (χ4n) is 9.09. The monoisotopic (exact) mass is 1100 g/mol. The number of pyridine rings is 2. The first-order chi connectivity index (χ1) is 31.4. The molecule has 1 radical (unpaired) electrons. The Bertz CT molecular complexity index is 3530. The molecule has 5 aromatic heterocycles. The van der Waals surface area contributed by atoms with Gasteiger partial charge in [-0.05, 0) is 59.2 Å². The second-order valence-corrected chi connectivity index (χ2v) is 29.4. The smallest absolute Gasteiger partial charge is 0 e. The number of rotatable bonds is 7. The van der Waals surface area contributed by atoms with E-state index < -0.39 is 13.3 Å². The fraction of sp³-hybridized carbons (Fsp3) is 0.190. The maximum atomic E-state index is 6.68. The van der Waals surface area contributed by atoms with E-state index in [1.54, 1.807) is 0 Å². The van der Waals surface area contributed by atoms with Crippen molar-refractivity contribution >= 4 is 72.6 Å². The number of imidazole rings is 1. The van der Waals surface area contributed by atoms with Crippen LogP contribution in [0, 0.1) is 26.0 Å². The van der Waals surface area contributed by atoms with Crippen molar-refractivity contribution in [2.24, 2.45) is 0 Å². The summed E-state index contributed by atoms with van der Waals surface area (Å²) in [6.45, 7) is 13.3. The molecule has 66 heavy (non-hydrogen) atoms. The van der Waals surface area contributed by atoms with E-state index in [0.29, 0.717) is 11.8 Å². The quantitative estimate of drug-likeness (QED) is 0.117. The summed E-state index contributed by atoms with van der Waals surface area (Å²) in [6.07, 6.45) is 3.85. The van der Waals surface area contributed by atoms with Crippen LogP contribution in [0.15, 0.2) is 149 Å². The van der Waals surface area contributed by atoms with Crippen molar-refractivity contribution in [1.82, 2.24) is 19.5 Å². The van der Waals surface area contributed by atoms with Crippen molar-refractivity contribution in [2.45, 2.75) is 70.6 Å². The Morgan fingerprint density at radius 1 is 0.606 bits per heavy atom. The van der Waals surface area contributed by atoms with Crippen LogP contribution in [0.3, 0.4) is 0 Å². The van der Waals surface area contributed by atoms with Gasteiger partial charge in [0, 0.05) is 31.2 Å². The summed E-state index contributed by atoms with van der Waals surface area (Å²) in [6, 6.07) is 51.3. The average molecular weight is 1100 g/mol. The predicted octanol–water partition coefficient (Wildman–Crippen LogP) is 15.3. The summed E-state index contributed by atoms with van der Waals surface area (Å²) < 4.78 is 16.6. The summed E-state index contributed by atoms with van der Waals surface area (Å²) in [4.78, 5) is 14.3. The number of nitrogens with zero attached hydrogens (tertiary/aromatic N) is 4. The molecule has 0 atom stereocenters. The molecule has 0 spiro atoms. The SMILES string of the molecule is Cc1cc(C(C)C)c(-n2c(-c3[c-]ccc4c3oc3cc(-c5ccccc5)ccc34)nc3ccccc32)c(C(C)C)c1.Cc1nccc2c1oc1c(-c3cc[c]([Ge]([CH3])([CH3])[CH3])cn3)[c-]ccc12.[Ir]. The van der Waals surface area contributed by atoms with Crippen LogP contribution in [0.1, 0.15) is 61.9 Å². The van der Waals surface area contributed by atoms with Gasteiger partial charge in [-0.1, -0.05) is 111 Å². The van der Waals surface area contributed by atoms with Gasteiger partial charge in [-0.3, -0.25) is 4.98 Å². The Hall–Kier alpha value is -6.12. The van der Waals surface area contributed by atoms with E-state index in [1.807, 2.05) is 49.6 Å². The summed E-state index contributed by atoms with van der Waals surface area (Å²) in [7, 11) is 0. The van der Waals surface area contributed by atoms with E-state index in [4.69, 9.17) is 18.8 Å². The normalized spacial score (nSPS) is 11.9. The second kappa shape index (κ2) is 17.9. The number of fused-ring (bicyclic) bond motifs is 7. The Kier molecular flexibility index (Phi) is 12.2. The van der Waals surface area contributed by atoms with Crippen molar-refractivity contribution in [1.29, 1.82) is 0 Å². The van der Waals surface area contributed by atoms with Crippen LogP contribution in [0.4, 0.5) is 0 Å². The van der Waals surface area contributed by atoms with Crippen LogP contribution >= 0.6 is 0 Å². The van der Waals surface area contributed by atoms with Gasteiger partial charge in [0.15, 0.2) is 0 Å². The third kappa shape index (κ3) is 8.12. The fourth-order valence-corrected chi connectivity index (χ4v) is 11.3. The molecule has 8 heteroatoms. The molecule has 5 heterocycles. The third-order valence-electron chi connectivity index (χ3n) is 12.5. The molecule has 0 bridgehead atoms. The first-order valence-electron chi connectivity index (χ1n) is 22.6. The minimum absolute atomic E-state index is 0. The average Bonchev–Trinajstić information content (AvgIpc) is 4.01. The standard InChI is InChI=1S/C38H33N2O.C20H19GeN2O.Ir/c1-23(2)31-20-25(5)21-32(24(3)4)36(31)40-34-17-10-9-16-33(34)39-38(40)30-15-11-14-29-28-19-18-27(22-35(28)41-37(29)30)26-12-7-6-8-13-26;1-13-19-16(10-11-22-13)15-6-5-7-17(20(15)24-19)18-9-8-14(12-23-18)21(2,3)4;/h6-14,16-24H,1-5H3;5-6,8-12H,1-4H3;/q2*-1;. The van der Waals surface area contributed by atoms with E-state index in [1.165, 1.54) is 32.3 Å². The first-order valence-corrected chi connectivity index (χ1v) is 29.9. The number of hydrogen-bond donors (Lipinski definition) is 0. The minimum Gasteiger partial charge on any atom is 0 e. The Labute approximate surface area is 402 Å². The number of benzene rings is 6. The number of para-hydroxylation sites is 2. The van der Waals surface area contributed by atoms with E-state index in [2.05, 4.69) is 171 Å². The van der Waals surface area contributed by atoms with Gasteiger partial charge in [-0.15, -0.1) is 18.2 Å². The number of aromatic nitrogens is 4. The molecule has 0 saturated carbocycles. The van der Waals surface area contributed by atoms with Crippen LogP contribution in [0.5, 0.6) is 0 Å². The van der Waals surface area contributed by atoms with Crippen LogP contribution in [0.2, 0.25) is 17.3 Å². The zero-order valence-corrected chi connectivity index (χ0v) is 43.4. The summed E-state index contributed by atoms with van der Waals surface area (Å²) in [5.41, 5.74) is 16.5. The Morgan fingerprint density at radius 2 is 1.26 bits per heavy atom. The zero-order chi connectivity index (χ0) is 45.1. The minimum atomic E-state index is -1.85. The third-order valence-corrected chi connectivity index (χ3v) is 16.8. The van der Waals surface area contributed by atoms with Crippen molar-refractivity contribution in [2.75, 3.05) is 0 Å². The molecule has 331 valence electrons. The van der Waals surface area contributed by atoms with Crippen LogP contribution < -0.4 is 4.40 Å². The molecule has 6 aromatic carbocycles. The molecule has 0 aliphatic carbocycles. The van der Waals surface area contributed by atoms with E-state index in [9.17, 15) is 0 Å². The van der Waals surface area contributed by atoms with Crippen molar-refractivity contribution in [3.63, 3.8) is 0 Å². The van der Waals surface area contributed by atoms with Gasteiger partial charge < -0.3 is 8.98 Å². The summed E-state index contributed by atoms with van der Waals surface area (Å²) in [5, 5.41) is 4.35. The van der Waals surface area contributed by atoms with Crippen LogP contribution in [-0.2, 0) is 20.1 Å². The van der Waals surface area contributed by atoms with Gasteiger partial charge in [0.25, 0.3) is 0 Å². The molecule has 0 saturated heterocycles. The molecule has 11 aromatic rings. The molecule has 11 rings (SSSR count). The van der Waals surface area contributed by atoms with E-state index >= 15 is 0 Å². The van der Waals surface area contributed by atoms with Gasteiger partial charge >= 0.3 is 144 Å². The molecule has 0 aliphatic rings. The first kappa shape index (κ1) is 45.1. The van der Waals surface area contributed by atoms with Crippen molar-refractivity contribution in [3.05, 3.63) is 174 Å². The number of furan rings is 2. The molecule has 0 aliphatic heterocycles. The topological polar surface area (TPSA) is 69.9 Å². The van der Waals surface area contributed by atoms with E-state index in [-0.39, 0.29) is 20.1 Å². The molecule has 6 nitrogen and oxygen atoms in total. The maximum Gasteiger partial charge on any atom is 0 e. The largest absolute Gasteiger partial charge is 0 e. The van der Waals surface area contributed by atoms with Gasteiger partial charge in [-0.2, -0.15) is 0 Å². The van der Waals surface area contributed by atoms with Gasteiger partial charge in [0.2, 0.25) is 0 Å². The predicted molar refractivity (Wildman–Crippen MR) is 272 cm³/mol. The van der Waals surface area contributed by atoms with Gasteiger partial charge in [-0.25, -0.2) is 0 Å². The second-order valence-electron chi connectivity index (χ2n) is 18.8. The molecule has 0 fully saturated rings. The molecular formula is C58H52GeIrN4O2-2. The molecule has 0 amide bonds. The number of aryl methyl sites for hydroxylation is 2. The van der Waals surface area contributed by atoms with Gasteiger partial charge in [0.1, 0.15) is 5.58 Å².